The van der Waals surface area contributed by atoms with Crippen LogP contribution in [0.5, 0.6) is 5.75 Å². The van der Waals surface area contributed by atoms with Gasteiger partial charge in [0.25, 0.3) is 0 Å². The average molecular weight is 400 g/mol. The normalized spacial score (nSPS) is 27.1. The Balaban J connectivity index is 1.62. The Labute approximate surface area is 165 Å². The van der Waals surface area contributed by atoms with Crippen LogP contribution in [0.4, 0.5) is 0 Å². The maximum Gasteiger partial charge on any atom is 0.344 e. The van der Waals surface area contributed by atoms with E-state index in [-0.39, 0.29) is 5.75 Å². The van der Waals surface area contributed by atoms with E-state index in [9.17, 15) is 25.2 Å². The number of fused-ring (bicyclic) bond motifs is 1. The monoisotopic (exact) mass is 400 g/mol. The minimum atomic E-state index is -1.53. The first-order chi connectivity index (χ1) is 14.0. The van der Waals surface area contributed by atoms with Gasteiger partial charge in [-0.05, 0) is 29.7 Å². The van der Waals surface area contributed by atoms with Crippen LogP contribution in [0.3, 0.4) is 0 Å². The summed E-state index contributed by atoms with van der Waals surface area (Å²) in [5, 5.41) is 40.4. The molecule has 4 N–H and O–H groups in total. The molecule has 0 bridgehead atoms. The van der Waals surface area contributed by atoms with Crippen molar-refractivity contribution in [3.8, 4) is 17.1 Å². The number of benzene rings is 2. The van der Waals surface area contributed by atoms with Crippen molar-refractivity contribution in [3.63, 3.8) is 0 Å². The molecule has 0 radical (unpaired) electrons. The third-order valence-corrected chi connectivity index (χ3v) is 4.89. The molecule has 2 aromatic carbocycles. The first-order valence-corrected chi connectivity index (χ1v) is 9.08. The van der Waals surface area contributed by atoms with Crippen LogP contribution in [0.2, 0.25) is 0 Å². The summed E-state index contributed by atoms with van der Waals surface area (Å²) in [4.78, 5) is 12.2. The number of aliphatic hydroxyl groups excluding tert-OH is 4. The first kappa shape index (κ1) is 19.6. The molecule has 2 heterocycles. The summed E-state index contributed by atoms with van der Waals surface area (Å²) in [7, 11) is 0. The fraction of sp³-hybridized carbons (Fsp3) is 0.286. The Morgan fingerprint density at radius 3 is 2.52 bits per heavy atom. The summed E-state index contributed by atoms with van der Waals surface area (Å²) in [6, 6.07) is 15.4. The molecule has 0 unspecified atom stereocenters. The molecule has 1 fully saturated rings. The molecule has 4 rings (SSSR count). The van der Waals surface area contributed by atoms with Gasteiger partial charge >= 0.3 is 5.63 Å². The minimum Gasteiger partial charge on any atom is -0.462 e. The van der Waals surface area contributed by atoms with Crippen LogP contribution in [-0.4, -0.2) is 57.7 Å². The van der Waals surface area contributed by atoms with Crippen molar-refractivity contribution in [2.24, 2.45) is 0 Å². The fourth-order valence-electron chi connectivity index (χ4n) is 3.30. The van der Waals surface area contributed by atoms with Crippen molar-refractivity contribution in [1.82, 2.24) is 0 Å². The number of aliphatic hydroxyl groups is 4. The Bertz CT molecular complexity index is 1060. The van der Waals surface area contributed by atoms with E-state index in [2.05, 4.69) is 0 Å². The summed E-state index contributed by atoms with van der Waals surface area (Å²) in [6.07, 6.45) is -6.89. The Hall–Kier alpha value is -2.75. The highest BCUT2D eigenvalue weighted by molar-refractivity contribution is 5.84. The van der Waals surface area contributed by atoms with E-state index in [4.69, 9.17) is 13.9 Å². The standard InChI is InChI=1S/C21H20O8/c22-10-16-17(23)18(24)19(25)21(29-16)27-13-6-3-5-12(8-13)15-9-11-4-1-2-7-14(11)20(26)28-15/h1-9,16-19,21-25H,10H2/t16-,17-,18+,19-,21+/m0/s1. The minimum absolute atomic E-state index is 0.280. The first-order valence-electron chi connectivity index (χ1n) is 9.08. The lowest BCUT2D eigenvalue weighted by Crippen LogP contribution is -2.60. The van der Waals surface area contributed by atoms with E-state index in [1.807, 2.05) is 12.1 Å². The third kappa shape index (κ3) is 3.76. The molecule has 152 valence electrons. The summed E-state index contributed by atoms with van der Waals surface area (Å²) >= 11 is 0. The van der Waals surface area contributed by atoms with Gasteiger partial charge in [-0.3, -0.25) is 0 Å². The molecule has 8 nitrogen and oxygen atoms in total. The van der Waals surface area contributed by atoms with Crippen molar-refractivity contribution in [2.75, 3.05) is 6.61 Å². The smallest absolute Gasteiger partial charge is 0.344 e. The summed E-state index contributed by atoms with van der Waals surface area (Å²) in [5.41, 5.74) is 0.105. The van der Waals surface area contributed by atoms with Gasteiger partial charge in [-0.2, -0.15) is 0 Å². The number of rotatable bonds is 4. The van der Waals surface area contributed by atoms with Gasteiger partial charge in [-0.25, -0.2) is 4.79 Å². The maximum atomic E-state index is 12.2. The lowest BCUT2D eigenvalue weighted by atomic mass is 9.99. The highest BCUT2D eigenvalue weighted by Crippen LogP contribution is 2.28. The lowest BCUT2D eigenvalue weighted by Gasteiger charge is -2.39. The quantitative estimate of drug-likeness (QED) is 0.502. The average Bonchev–Trinajstić information content (AvgIpc) is 2.74. The maximum absolute atomic E-state index is 12.2. The SMILES string of the molecule is O=c1oc(-c2cccc(O[C@@H]3O[C@@H](CO)[C@H](O)[C@@H](O)[C@@H]3O)c2)cc2ccccc12. The lowest BCUT2D eigenvalue weighted by molar-refractivity contribution is -0.277. The molecule has 3 aromatic rings. The van der Waals surface area contributed by atoms with Crippen LogP contribution in [0.15, 0.2) is 63.8 Å². The van der Waals surface area contributed by atoms with Gasteiger partial charge < -0.3 is 34.3 Å². The van der Waals surface area contributed by atoms with Crippen LogP contribution < -0.4 is 10.4 Å². The third-order valence-electron chi connectivity index (χ3n) is 4.89. The molecular formula is C21H20O8. The zero-order chi connectivity index (χ0) is 20.5. The van der Waals surface area contributed by atoms with E-state index in [0.717, 1.165) is 5.39 Å². The van der Waals surface area contributed by atoms with E-state index in [1.54, 1.807) is 42.5 Å². The number of ether oxygens (including phenoxy) is 2. The second kappa shape index (κ2) is 7.94. The number of hydrogen-bond donors (Lipinski definition) is 4. The second-order valence-electron chi connectivity index (χ2n) is 6.83. The van der Waals surface area contributed by atoms with Crippen LogP contribution >= 0.6 is 0 Å². The van der Waals surface area contributed by atoms with Gasteiger partial charge in [-0.1, -0.05) is 30.3 Å². The van der Waals surface area contributed by atoms with E-state index in [1.165, 1.54) is 0 Å². The Morgan fingerprint density at radius 2 is 1.72 bits per heavy atom. The zero-order valence-electron chi connectivity index (χ0n) is 15.2. The van der Waals surface area contributed by atoms with Crippen molar-refractivity contribution in [2.45, 2.75) is 30.7 Å². The van der Waals surface area contributed by atoms with Crippen molar-refractivity contribution < 1.29 is 34.3 Å². The van der Waals surface area contributed by atoms with Gasteiger partial charge in [0.2, 0.25) is 6.29 Å². The van der Waals surface area contributed by atoms with Gasteiger partial charge in [0.05, 0.1) is 12.0 Å². The van der Waals surface area contributed by atoms with Crippen LogP contribution in [-0.2, 0) is 4.74 Å². The molecule has 1 aliphatic heterocycles. The summed E-state index contributed by atoms with van der Waals surface area (Å²) < 4.78 is 16.4. The predicted molar refractivity (Wildman–Crippen MR) is 102 cm³/mol. The molecular weight excluding hydrogens is 380 g/mol. The van der Waals surface area contributed by atoms with E-state index < -0.39 is 42.9 Å². The molecule has 0 saturated carbocycles. The fourth-order valence-corrected chi connectivity index (χ4v) is 3.30. The highest BCUT2D eigenvalue weighted by Gasteiger charge is 2.44. The molecule has 1 aliphatic rings. The van der Waals surface area contributed by atoms with Gasteiger partial charge in [-0.15, -0.1) is 0 Å². The topological polar surface area (TPSA) is 130 Å². The van der Waals surface area contributed by atoms with E-state index >= 15 is 0 Å². The van der Waals surface area contributed by atoms with Crippen molar-refractivity contribution in [1.29, 1.82) is 0 Å². The van der Waals surface area contributed by atoms with Crippen LogP contribution in [0, 0.1) is 0 Å². The predicted octanol–water partition coefficient (Wildman–Crippen LogP) is 0.639. The van der Waals surface area contributed by atoms with Gasteiger partial charge in [0, 0.05) is 5.56 Å². The molecule has 8 heteroatoms. The van der Waals surface area contributed by atoms with Gasteiger partial charge in [0.1, 0.15) is 35.9 Å². The Morgan fingerprint density at radius 1 is 0.931 bits per heavy atom. The molecule has 0 aliphatic carbocycles. The molecule has 1 aromatic heterocycles. The van der Waals surface area contributed by atoms with Gasteiger partial charge in [0.15, 0.2) is 0 Å². The molecule has 0 spiro atoms. The Kier molecular flexibility index (Phi) is 5.35. The largest absolute Gasteiger partial charge is 0.462 e. The van der Waals surface area contributed by atoms with Crippen LogP contribution in [0.1, 0.15) is 0 Å². The molecule has 5 atom stereocenters. The zero-order valence-corrected chi connectivity index (χ0v) is 15.2. The molecule has 29 heavy (non-hydrogen) atoms. The van der Waals surface area contributed by atoms with Crippen molar-refractivity contribution in [3.05, 3.63) is 65.0 Å². The highest BCUT2D eigenvalue weighted by atomic mass is 16.7. The molecule has 0 amide bonds. The summed E-state index contributed by atoms with van der Waals surface area (Å²) in [5.74, 6) is 0.621. The summed E-state index contributed by atoms with van der Waals surface area (Å²) in [6.45, 7) is -0.549. The van der Waals surface area contributed by atoms with E-state index in [0.29, 0.717) is 16.7 Å². The number of hydrogen-bond acceptors (Lipinski definition) is 8. The second-order valence-corrected chi connectivity index (χ2v) is 6.83. The van der Waals surface area contributed by atoms with Crippen molar-refractivity contribution >= 4 is 10.8 Å². The van der Waals surface area contributed by atoms with Crippen LogP contribution in [0.25, 0.3) is 22.1 Å². The molecule has 1 saturated heterocycles.